The van der Waals surface area contributed by atoms with Gasteiger partial charge in [-0.15, -0.1) is 4.40 Å². The van der Waals surface area contributed by atoms with Crippen LogP contribution in [0.25, 0.3) is 10.9 Å². The summed E-state index contributed by atoms with van der Waals surface area (Å²) in [6.07, 6.45) is 4.05. The molecule has 38 heavy (non-hydrogen) atoms. The van der Waals surface area contributed by atoms with E-state index in [2.05, 4.69) is 15.1 Å². The molecule has 4 aromatic rings. The van der Waals surface area contributed by atoms with Crippen LogP contribution in [0, 0.1) is 0 Å². The Labute approximate surface area is 220 Å². The first kappa shape index (κ1) is 24.4. The first-order valence-corrected chi connectivity index (χ1v) is 14.0. The number of nitrogens with one attached hydrogen (secondary N) is 2. The van der Waals surface area contributed by atoms with Crippen molar-refractivity contribution in [3.8, 4) is 11.5 Å². The van der Waals surface area contributed by atoms with Gasteiger partial charge in [0.2, 0.25) is 0 Å². The Morgan fingerprint density at radius 3 is 2.55 bits per heavy atom. The van der Waals surface area contributed by atoms with Crippen molar-refractivity contribution in [3.63, 3.8) is 0 Å². The number of para-hydroxylation sites is 1. The fraction of sp³-hybridized carbons (Fsp3) is 0.214. The van der Waals surface area contributed by atoms with Crippen LogP contribution in [0.2, 0.25) is 0 Å². The van der Waals surface area contributed by atoms with Crippen molar-refractivity contribution in [2.45, 2.75) is 43.2 Å². The van der Waals surface area contributed by atoms with Gasteiger partial charge < -0.3 is 20.6 Å². The van der Waals surface area contributed by atoms with E-state index in [-0.39, 0.29) is 28.1 Å². The lowest BCUT2D eigenvalue weighted by Gasteiger charge is -2.34. The molecule has 0 amide bonds. The summed E-state index contributed by atoms with van der Waals surface area (Å²) in [6.45, 7) is 0.319. The van der Waals surface area contributed by atoms with Crippen LogP contribution in [0.4, 0.5) is 5.69 Å². The molecule has 1 aromatic heterocycles. The van der Waals surface area contributed by atoms with Gasteiger partial charge >= 0.3 is 0 Å². The molecule has 2 heterocycles. The molecule has 0 saturated heterocycles. The molecule has 0 spiro atoms. The highest BCUT2D eigenvalue weighted by molar-refractivity contribution is 8.23. The zero-order valence-electron chi connectivity index (χ0n) is 20.5. The first-order valence-electron chi connectivity index (χ1n) is 12.5. The number of rotatable bonds is 6. The Hall–Kier alpha value is -3.99. The summed E-state index contributed by atoms with van der Waals surface area (Å²) >= 11 is 0. The molecule has 6 rings (SSSR count). The lowest BCUT2D eigenvalue weighted by Crippen LogP contribution is -2.39. The van der Waals surface area contributed by atoms with Crippen LogP contribution in [0.15, 0.2) is 86.9 Å². The van der Waals surface area contributed by atoms with Gasteiger partial charge in [-0.25, -0.2) is 4.68 Å². The highest BCUT2D eigenvalue weighted by Crippen LogP contribution is 2.56. The zero-order chi connectivity index (χ0) is 26.3. The molecule has 0 atom stereocenters. The second-order valence-electron chi connectivity index (χ2n) is 9.51. The minimum atomic E-state index is -3.70. The number of nitrogens with zero attached hydrogens (tertiary/aromatic N) is 2. The molecule has 1 aliphatic heterocycles. The maximum atomic E-state index is 13.7. The quantitative estimate of drug-likeness (QED) is 0.216. The Morgan fingerprint density at radius 1 is 1.03 bits per heavy atom. The van der Waals surface area contributed by atoms with Gasteiger partial charge in [-0.05, 0) is 42.7 Å². The molecule has 1 aliphatic carbocycles. The fourth-order valence-electron chi connectivity index (χ4n) is 5.00. The SMILES string of the molecule is O=c1c(C2=NS(O)(O)c3cc(OCc4ccccc4)ccc3N2)c(O)c2ccccc2n1NC1CCCC1. The average Bonchev–Trinajstić information content (AvgIpc) is 3.44. The smallest absolute Gasteiger partial charge is 0.284 e. The number of hydrogen-bond acceptors (Lipinski definition) is 8. The minimum absolute atomic E-state index is 0.106. The van der Waals surface area contributed by atoms with Gasteiger partial charge in [0.05, 0.1) is 11.2 Å². The molecule has 0 radical (unpaired) electrons. The van der Waals surface area contributed by atoms with Gasteiger partial charge in [0, 0.05) is 17.5 Å². The lowest BCUT2D eigenvalue weighted by atomic mass is 10.1. The first-order chi connectivity index (χ1) is 18.4. The highest BCUT2D eigenvalue weighted by atomic mass is 32.3. The van der Waals surface area contributed by atoms with E-state index in [9.17, 15) is 19.0 Å². The van der Waals surface area contributed by atoms with Gasteiger partial charge in [0.15, 0.2) is 5.84 Å². The summed E-state index contributed by atoms with van der Waals surface area (Å²) in [7, 11) is -3.70. The summed E-state index contributed by atoms with van der Waals surface area (Å²) in [5, 5.41) is 14.7. The number of ether oxygens (including phenoxy) is 1. The highest BCUT2D eigenvalue weighted by Gasteiger charge is 2.31. The molecular formula is C28H28N4O5S. The molecule has 5 N–H and O–H groups in total. The predicted molar refractivity (Wildman–Crippen MR) is 150 cm³/mol. The van der Waals surface area contributed by atoms with Crippen LogP contribution >= 0.6 is 10.8 Å². The van der Waals surface area contributed by atoms with Crippen molar-refractivity contribution in [1.82, 2.24) is 4.68 Å². The van der Waals surface area contributed by atoms with E-state index in [1.54, 1.807) is 36.4 Å². The number of hydrogen-bond donors (Lipinski definition) is 5. The standard InChI is InChI=1S/C28H28N4O5S/c33-26-21-12-6-7-13-23(21)32(30-19-10-4-5-11-19)28(34)25(26)27-29-22-15-14-20(16-24(22)38(35,36)31-27)37-17-18-8-2-1-3-9-18/h1-3,6-9,12-16,19,30,33,35-36H,4-5,10-11,17H2,(H,29,31). The third-order valence-corrected chi connectivity index (χ3v) is 8.29. The van der Waals surface area contributed by atoms with Crippen LogP contribution < -0.4 is 21.0 Å². The summed E-state index contributed by atoms with van der Waals surface area (Å²) in [6, 6.07) is 21.7. The van der Waals surface area contributed by atoms with Crippen LogP contribution in [-0.4, -0.2) is 30.8 Å². The third kappa shape index (κ3) is 4.47. The van der Waals surface area contributed by atoms with Crippen molar-refractivity contribution in [2.24, 2.45) is 4.40 Å². The van der Waals surface area contributed by atoms with E-state index in [4.69, 9.17) is 4.74 Å². The molecule has 9 nitrogen and oxygen atoms in total. The Morgan fingerprint density at radius 2 is 1.76 bits per heavy atom. The minimum Gasteiger partial charge on any atom is -0.506 e. The molecule has 2 aliphatic rings. The molecule has 3 aromatic carbocycles. The normalized spacial score (nSPS) is 17.4. The molecule has 196 valence electrons. The van der Waals surface area contributed by atoms with Crippen LogP contribution in [-0.2, 0) is 6.61 Å². The van der Waals surface area contributed by atoms with Gasteiger partial charge in [-0.3, -0.25) is 13.9 Å². The van der Waals surface area contributed by atoms with E-state index >= 15 is 0 Å². The maximum absolute atomic E-state index is 13.7. The predicted octanol–water partition coefficient (Wildman–Crippen LogP) is 5.67. The van der Waals surface area contributed by atoms with Crippen LogP contribution in [0.5, 0.6) is 11.5 Å². The Bertz CT molecular complexity index is 1600. The number of amidine groups is 1. The van der Waals surface area contributed by atoms with Crippen molar-refractivity contribution in [3.05, 3.63) is 94.3 Å². The molecule has 0 unspecified atom stereocenters. The number of fused-ring (bicyclic) bond motifs is 2. The number of pyridine rings is 1. The second-order valence-corrected chi connectivity index (χ2v) is 11.2. The molecule has 10 heteroatoms. The van der Waals surface area contributed by atoms with E-state index in [0.29, 0.717) is 28.9 Å². The number of anilines is 1. The van der Waals surface area contributed by atoms with Crippen LogP contribution in [0.3, 0.4) is 0 Å². The maximum Gasteiger partial charge on any atom is 0.284 e. The summed E-state index contributed by atoms with van der Waals surface area (Å²) < 4.78 is 33.4. The number of benzene rings is 3. The van der Waals surface area contributed by atoms with Gasteiger partial charge in [-0.1, -0.05) is 66.1 Å². The molecule has 1 fully saturated rings. The van der Waals surface area contributed by atoms with E-state index in [0.717, 1.165) is 31.2 Å². The zero-order valence-corrected chi connectivity index (χ0v) is 21.3. The Kier molecular flexibility index (Phi) is 6.22. The van der Waals surface area contributed by atoms with Crippen LogP contribution in [0.1, 0.15) is 36.8 Å². The monoisotopic (exact) mass is 532 g/mol. The lowest BCUT2D eigenvalue weighted by molar-refractivity contribution is 0.305. The number of aromatic hydroxyl groups is 1. The molecule has 0 bridgehead atoms. The van der Waals surface area contributed by atoms with Crippen molar-refractivity contribution < 1.29 is 18.9 Å². The Balaban J connectivity index is 1.38. The number of aromatic nitrogens is 1. The van der Waals surface area contributed by atoms with Crippen molar-refractivity contribution in [1.29, 1.82) is 0 Å². The largest absolute Gasteiger partial charge is 0.506 e. The van der Waals surface area contributed by atoms with Crippen molar-refractivity contribution >= 4 is 33.2 Å². The molecule has 1 saturated carbocycles. The van der Waals surface area contributed by atoms with Gasteiger partial charge in [0.1, 0.15) is 28.6 Å². The van der Waals surface area contributed by atoms with Gasteiger partial charge in [0.25, 0.3) is 5.56 Å². The molecular weight excluding hydrogens is 504 g/mol. The second kappa shape index (κ2) is 9.71. The van der Waals surface area contributed by atoms with E-state index < -0.39 is 16.3 Å². The third-order valence-electron chi connectivity index (χ3n) is 6.93. The van der Waals surface area contributed by atoms with E-state index in [1.807, 2.05) is 30.3 Å². The van der Waals surface area contributed by atoms with Crippen molar-refractivity contribution in [2.75, 3.05) is 10.7 Å². The summed E-state index contributed by atoms with van der Waals surface area (Å²) in [4.78, 5) is 13.9. The van der Waals surface area contributed by atoms with E-state index in [1.165, 1.54) is 10.7 Å². The summed E-state index contributed by atoms with van der Waals surface area (Å²) in [5.74, 6) is 0.0677. The van der Waals surface area contributed by atoms with Gasteiger partial charge in [-0.2, -0.15) is 0 Å². The average molecular weight is 533 g/mol. The fourth-order valence-corrected chi connectivity index (χ4v) is 6.18. The summed E-state index contributed by atoms with van der Waals surface area (Å²) in [5.41, 5.74) is 4.53. The topological polar surface area (TPSA) is 128 Å².